The predicted molar refractivity (Wildman–Crippen MR) is 146 cm³/mol. The van der Waals surface area contributed by atoms with Crippen LogP contribution in [0.2, 0.25) is 0 Å². The molecule has 14 nitrogen and oxygen atoms in total. The lowest BCUT2D eigenvalue weighted by Gasteiger charge is -2.23. The zero-order valence-corrected chi connectivity index (χ0v) is 23.2. The molecule has 0 aliphatic rings. The maximum atomic E-state index is 13.7. The molecule has 4 heterocycles. The van der Waals surface area contributed by atoms with E-state index in [-0.39, 0.29) is 17.6 Å². The first kappa shape index (κ1) is 27.0. The fourth-order valence-corrected chi connectivity index (χ4v) is 5.38. The Bertz CT molecular complexity index is 1730. The second-order valence-electron chi connectivity index (χ2n) is 8.78. The lowest BCUT2D eigenvalue weighted by Crippen LogP contribution is -2.33. The van der Waals surface area contributed by atoms with Gasteiger partial charge < -0.3 is 19.2 Å². The molecule has 2 atom stereocenters. The van der Waals surface area contributed by atoms with E-state index in [9.17, 15) is 8.42 Å². The van der Waals surface area contributed by atoms with E-state index in [1.54, 1.807) is 42.9 Å². The number of hydrogen-bond acceptors (Lipinski definition) is 11. The molecule has 15 heteroatoms. The van der Waals surface area contributed by atoms with Gasteiger partial charge in [0.1, 0.15) is 40.6 Å². The number of H-pyrrole nitrogens is 1. The summed E-state index contributed by atoms with van der Waals surface area (Å²) < 4.78 is 48.3. The Morgan fingerprint density at radius 3 is 2.33 bits per heavy atom. The van der Waals surface area contributed by atoms with E-state index in [0.717, 1.165) is 5.56 Å². The van der Waals surface area contributed by atoms with Crippen molar-refractivity contribution in [2.24, 2.45) is 0 Å². The molecule has 0 spiro atoms. The monoisotopic (exact) mass is 565 g/mol. The van der Waals surface area contributed by atoms with Gasteiger partial charge in [0.25, 0.3) is 0 Å². The van der Waals surface area contributed by atoms with Crippen molar-refractivity contribution in [1.29, 1.82) is 0 Å². The Balaban J connectivity index is 1.66. The summed E-state index contributed by atoms with van der Waals surface area (Å²) >= 11 is 0. The van der Waals surface area contributed by atoms with Crippen LogP contribution in [0.1, 0.15) is 24.4 Å². The lowest BCUT2D eigenvalue weighted by atomic mass is 10.2. The van der Waals surface area contributed by atoms with Gasteiger partial charge in [0.05, 0.1) is 25.3 Å². The molecule has 5 aromatic rings. The van der Waals surface area contributed by atoms with Crippen molar-refractivity contribution in [3.63, 3.8) is 0 Å². The number of nitrogens with zero attached hydrogens (tertiary/aromatic N) is 7. The number of rotatable bonds is 10. The summed E-state index contributed by atoms with van der Waals surface area (Å²) in [6.07, 6.45) is 5.34. The summed E-state index contributed by atoms with van der Waals surface area (Å²) in [5.74, 6) is 1.09. The summed E-state index contributed by atoms with van der Waals surface area (Å²) in [5.41, 5.74) is 2.81. The first-order chi connectivity index (χ1) is 19.3. The highest BCUT2D eigenvalue weighted by Gasteiger charge is 2.35. The number of aromatic nitrogens is 8. The average molecular weight is 566 g/mol. The minimum absolute atomic E-state index is 0.123. The number of benzene rings is 1. The standard InChI is InChI=1S/C25H27N9O5S/c1-14-11-27-23(28-12-14)22(39-5)15(2)40(35,36)33-25-32-31-24(20-19-16(9-10-26-19)29-13-30-20)34(25)21-17(37-3)7-6-8-18(21)38-4/h6-13,15,22,26H,1-5H3,(H,32,33). The van der Waals surface area contributed by atoms with E-state index in [1.807, 2.05) is 6.92 Å². The number of aryl methyl sites for hydroxylation is 1. The van der Waals surface area contributed by atoms with Gasteiger partial charge in [-0.15, -0.1) is 10.2 Å². The summed E-state index contributed by atoms with van der Waals surface area (Å²) in [6.45, 7) is 3.33. The second-order valence-corrected chi connectivity index (χ2v) is 10.8. The Labute approximate surface area is 229 Å². The molecule has 0 aliphatic heterocycles. The van der Waals surface area contributed by atoms with Gasteiger partial charge in [-0.1, -0.05) is 6.07 Å². The van der Waals surface area contributed by atoms with Gasteiger partial charge in [0.2, 0.25) is 16.0 Å². The lowest BCUT2D eigenvalue weighted by molar-refractivity contribution is 0.0949. The summed E-state index contributed by atoms with van der Waals surface area (Å²) in [6, 6.07) is 6.95. The number of ether oxygens (including phenoxy) is 3. The van der Waals surface area contributed by atoms with Crippen LogP contribution in [0.4, 0.5) is 5.95 Å². The Morgan fingerprint density at radius 1 is 0.975 bits per heavy atom. The van der Waals surface area contributed by atoms with Crippen LogP contribution in [-0.2, 0) is 14.8 Å². The Morgan fingerprint density at radius 2 is 1.68 bits per heavy atom. The maximum absolute atomic E-state index is 13.7. The minimum atomic E-state index is -4.15. The molecule has 0 saturated heterocycles. The third-order valence-electron chi connectivity index (χ3n) is 6.30. The van der Waals surface area contributed by atoms with Crippen LogP contribution >= 0.6 is 0 Å². The van der Waals surface area contributed by atoms with E-state index in [4.69, 9.17) is 14.2 Å². The van der Waals surface area contributed by atoms with Crippen LogP contribution in [0.5, 0.6) is 11.5 Å². The van der Waals surface area contributed by atoms with Crippen LogP contribution in [0.3, 0.4) is 0 Å². The molecule has 0 bridgehead atoms. The number of para-hydroxylation sites is 1. The van der Waals surface area contributed by atoms with Crippen molar-refractivity contribution in [3.8, 4) is 28.7 Å². The zero-order valence-electron chi connectivity index (χ0n) is 22.4. The molecule has 0 fully saturated rings. The number of aromatic amines is 1. The van der Waals surface area contributed by atoms with Gasteiger partial charge in [-0.05, 0) is 37.6 Å². The maximum Gasteiger partial charge on any atom is 0.243 e. The van der Waals surface area contributed by atoms with E-state index in [1.165, 1.54) is 39.1 Å². The van der Waals surface area contributed by atoms with Gasteiger partial charge in [0, 0.05) is 25.7 Å². The number of sulfonamides is 1. The third-order valence-corrected chi connectivity index (χ3v) is 8.00. The van der Waals surface area contributed by atoms with Crippen molar-refractivity contribution in [2.45, 2.75) is 25.2 Å². The summed E-state index contributed by atoms with van der Waals surface area (Å²) in [5, 5.41) is 7.42. The number of methoxy groups -OCH3 is 3. The topological polar surface area (TPSA) is 172 Å². The highest BCUT2D eigenvalue weighted by molar-refractivity contribution is 7.93. The smallest absolute Gasteiger partial charge is 0.243 e. The number of hydrogen-bond donors (Lipinski definition) is 2. The second kappa shape index (κ2) is 10.9. The minimum Gasteiger partial charge on any atom is -0.494 e. The van der Waals surface area contributed by atoms with Crippen LogP contribution in [-0.4, -0.2) is 74.7 Å². The molecule has 0 aliphatic carbocycles. The first-order valence-electron chi connectivity index (χ1n) is 12.1. The number of anilines is 1. The predicted octanol–water partition coefficient (Wildman–Crippen LogP) is 2.84. The highest BCUT2D eigenvalue weighted by atomic mass is 32.2. The fourth-order valence-electron chi connectivity index (χ4n) is 4.25. The highest BCUT2D eigenvalue weighted by Crippen LogP contribution is 2.38. The van der Waals surface area contributed by atoms with E-state index < -0.39 is 21.4 Å². The van der Waals surface area contributed by atoms with Gasteiger partial charge in [-0.2, -0.15) is 0 Å². The Hall–Kier alpha value is -4.63. The van der Waals surface area contributed by atoms with Gasteiger partial charge in [-0.3, -0.25) is 9.29 Å². The summed E-state index contributed by atoms with van der Waals surface area (Å²) in [7, 11) is 0.232. The number of fused-ring (bicyclic) bond motifs is 1. The molecule has 0 saturated carbocycles. The van der Waals surface area contributed by atoms with E-state index in [2.05, 4.69) is 39.8 Å². The molecular formula is C25H27N9O5S. The van der Waals surface area contributed by atoms with Gasteiger partial charge >= 0.3 is 0 Å². The molecule has 0 amide bonds. The molecule has 2 N–H and O–H groups in total. The molecule has 208 valence electrons. The fraction of sp³-hybridized carbons (Fsp3) is 0.280. The molecule has 5 rings (SSSR count). The molecule has 1 aromatic carbocycles. The largest absolute Gasteiger partial charge is 0.494 e. The van der Waals surface area contributed by atoms with Crippen molar-refractivity contribution in [3.05, 3.63) is 60.6 Å². The van der Waals surface area contributed by atoms with Crippen LogP contribution in [0.25, 0.3) is 28.2 Å². The average Bonchev–Trinajstić information content (AvgIpc) is 3.60. The molecular weight excluding hydrogens is 538 g/mol. The van der Waals surface area contributed by atoms with E-state index in [0.29, 0.717) is 33.9 Å². The molecule has 4 aromatic heterocycles. The van der Waals surface area contributed by atoms with Gasteiger partial charge in [0.15, 0.2) is 11.6 Å². The van der Waals surface area contributed by atoms with Crippen LogP contribution in [0, 0.1) is 6.92 Å². The third kappa shape index (κ3) is 4.80. The van der Waals surface area contributed by atoms with Crippen LogP contribution in [0.15, 0.2) is 49.2 Å². The normalized spacial score (nSPS) is 13.2. The van der Waals surface area contributed by atoms with Crippen molar-refractivity contribution >= 4 is 27.0 Å². The summed E-state index contributed by atoms with van der Waals surface area (Å²) in [4.78, 5) is 20.3. The SMILES string of the molecule is COc1cccc(OC)c1-n1c(NS(=O)(=O)C(C)C(OC)c2ncc(C)cn2)nnc1-c1ncnc2cc[nH]c12. The molecule has 0 radical (unpaired) electrons. The molecule has 2 unspecified atom stereocenters. The molecule has 40 heavy (non-hydrogen) atoms. The van der Waals surface area contributed by atoms with E-state index >= 15 is 0 Å². The zero-order chi connectivity index (χ0) is 28.4. The van der Waals surface area contributed by atoms with Crippen molar-refractivity contribution in [2.75, 3.05) is 26.1 Å². The first-order valence-corrected chi connectivity index (χ1v) is 13.6. The van der Waals surface area contributed by atoms with Crippen molar-refractivity contribution < 1.29 is 22.6 Å². The Kier molecular flexibility index (Phi) is 7.32. The number of nitrogens with one attached hydrogen (secondary N) is 2. The van der Waals surface area contributed by atoms with Crippen LogP contribution < -0.4 is 14.2 Å². The van der Waals surface area contributed by atoms with Gasteiger partial charge in [-0.25, -0.2) is 28.4 Å². The van der Waals surface area contributed by atoms with Crippen molar-refractivity contribution in [1.82, 2.24) is 39.7 Å². The quantitative estimate of drug-likeness (QED) is 0.255.